The van der Waals surface area contributed by atoms with Crippen LogP contribution in [0.4, 0.5) is 0 Å². The van der Waals surface area contributed by atoms with E-state index in [-0.39, 0.29) is 11.9 Å². The number of hydrogen-bond acceptors (Lipinski definition) is 4. The zero-order chi connectivity index (χ0) is 18.4. The summed E-state index contributed by atoms with van der Waals surface area (Å²) in [5, 5.41) is 3.08. The third-order valence-corrected chi connectivity index (χ3v) is 5.15. The van der Waals surface area contributed by atoms with Crippen LogP contribution < -0.4 is 10.1 Å². The predicted molar refractivity (Wildman–Crippen MR) is 101 cm³/mol. The van der Waals surface area contributed by atoms with Gasteiger partial charge in [-0.15, -0.1) is 0 Å². The first-order chi connectivity index (χ1) is 12.7. The van der Waals surface area contributed by atoms with Crippen molar-refractivity contribution in [2.24, 2.45) is 5.92 Å². The molecule has 5 heteroatoms. The average Bonchev–Trinajstić information content (AvgIpc) is 3.18. The van der Waals surface area contributed by atoms with Gasteiger partial charge in [0.05, 0.1) is 25.8 Å². The Labute approximate surface area is 155 Å². The summed E-state index contributed by atoms with van der Waals surface area (Å²) in [5.74, 6) is 2.51. The van der Waals surface area contributed by atoms with Crippen molar-refractivity contribution >= 4 is 5.91 Å². The van der Waals surface area contributed by atoms with E-state index < -0.39 is 0 Å². The molecule has 1 aliphatic heterocycles. The fourth-order valence-corrected chi connectivity index (χ4v) is 3.43. The lowest BCUT2D eigenvalue weighted by Gasteiger charge is -2.35. The first-order valence-corrected chi connectivity index (χ1v) is 9.33. The van der Waals surface area contributed by atoms with Crippen molar-refractivity contribution in [3.05, 3.63) is 54.0 Å². The number of carbonyl (C=O) groups is 1. The molecule has 0 bridgehead atoms. The molecule has 1 aromatic carbocycles. The van der Waals surface area contributed by atoms with Crippen LogP contribution in [0, 0.1) is 5.92 Å². The van der Waals surface area contributed by atoms with E-state index in [1.807, 2.05) is 36.4 Å². The summed E-state index contributed by atoms with van der Waals surface area (Å²) in [5.41, 5.74) is 0.977. The maximum absolute atomic E-state index is 12.4. The van der Waals surface area contributed by atoms with Crippen LogP contribution in [0.2, 0.25) is 0 Å². The summed E-state index contributed by atoms with van der Waals surface area (Å²) >= 11 is 0. The Kier molecular flexibility index (Phi) is 6.34. The van der Waals surface area contributed by atoms with Crippen LogP contribution in [-0.2, 0) is 11.2 Å². The summed E-state index contributed by atoms with van der Waals surface area (Å²) in [6.45, 7) is 4.95. The molecular formula is C21H28N2O3. The van der Waals surface area contributed by atoms with E-state index >= 15 is 0 Å². The second-order valence-corrected chi connectivity index (χ2v) is 7.08. The molecule has 1 aromatic heterocycles. The minimum atomic E-state index is 0.0251. The van der Waals surface area contributed by atoms with E-state index in [2.05, 4.69) is 17.1 Å². The van der Waals surface area contributed by atoms with Crippen molar-refractivity contribution < 1.29 is 13.9 Å². The Bertz CT molecular complexity index is 674. The van der Waals surface area contributed by atoms with Crippen molar-refractivity contribution in [2.75, 3.05) is 26.7 Å². The van der Waals surface area contributed by atoms with Crippen LogP contribution in [-0.4, -0.2) is 37.6 Å². The molecule has 2 aromatic rings. The molecule has 1 N–H and O–H groups in total. The van der Waals surface area contributed by atoms with E-state index in [9.17, 15) is 4.79 Å². The van der Waals surface area contributed by atoms with Gasteiger partial charge in [-0.25, -0.2) is 0 Å². The molecule has 0 spiro atoms. The van der Waals surface area contributed by atoms with E-state index in [4.69, 9.17) is 9.15 Å². The van der Waals surface area contributed by atoms with Crippen LogP contribution in [0.3, 0.4) is 0 Å². The zero-order valence-electron chi connectivity index (χ0n) is 15.6. The summed E-state index contributed by atoms with van der Waals surface area (Å²) in [6, 6.07) is 11.6. The van der Waals surface area contributed by atoms with Gasteiger partial charge in [0.2, 0.25) is 5.91 Å². The van der Waals surface area contributed by atoms with E-state index in [1.165, 1.54) is 12.8 Å². The normalized spacial score (nSPS) is 17.0. The molecule has 26 heavy (non-hydrogen) atoms. The lowest BCUT2D eigenvalue weighted by molar-refractivity contribution is -0.120. The lowest BCUT2D eigenvalue weighted by atomic mass is 9.97. The van der Waals surface area contributed by atoms with Crippen LogP contribution in [0.1, 0.15) is 37.1 Å². The third-order valence-electron chi connectivity index (χ3n) is 5.15. The second kappa shape index (κ2) is 8.90. The van der Waals surface area contributed by atoms with Gasteiger partial charge >= 0.3 is 0 Å². The Morgan fingerprint density at radius 2 is 2.00 bits per heavy atom. The smallest absolute Gasteiger partial charge is 0.224 e. The number of amides is 1. The molecule has 0 aliphatic carbocycles. The van der Waals surface area contributed by atoms with Gasteiger partial charge in [-0.2, -0.15) is 0 Å². The molecule has 0 radical (unpaired) electrons. The molecule has 1 saturated heterocycles. The number of furan rings is 1. The number of benzene rings is 1. The highest BCUT2D eigenvalue weighted by Gasteiger charge is 2.26. The second-order valence-electron chi connectivity index (χ2n) is 7.08. The molecule has 1 atom stereocenters. The number of nitrogens with zero attached hydrogens (tertiary/aromatic N) is 1. The van der Waals surface area contributed by atoms with Crippen LogP contribution in [0.25, 0.3) is 0 Å². The van der Waals surface area contributed by atoms with Crippen molar-refractivity contribution in [3.63, 3.8) is 0 Å². The molecular weight excluding hydrogens is 328 g/mol. The van der Waals surface area contributed by atoms with Gasteiger partial charge in [-0.1, -0.05) is 19.1 Å². The van der Waals surface area contributed by atoms with Crippen LogP contribution >= 0.6 is 0 Å². The lowest BCUT2D eigenvalue weighted by Crippen LogP contribution is -2.42. The molecule has 140 valence electrons. The largest absolute Gasteiger partial charge is 0.497 e. The molecule has 5 nitrogen and oxygen atoms in total. The highest BCUT2D eigenvalue weighted by molar-refractivity contribution is 5.78. The number of likely N-dealkylation sites (tertiary alicyclic amines) is 1. The molecule has 3 rings (SSSR count). The number of methoxy groups -OCH3 is 1. The van der Waals surface area contributed by atoms with E-state index in [0.29, 0.717) is 13.0 Å². The van der Waals surface area contributed by atoms with Gasteiger partial charge in [0.15, 0.2) is 0 Å². The maximum Gasteiger partial charge on any atom is 0.224 e. The van der Waals surface area contributed by atoms with Crippen molar-refractivity contribution in [1.82, 2.24) is 10.2 Å². The SMILES string of the molecule is COc1ccc(CC(=O)NCC(c2ccco2)N2CCC(C)CC2)cc1. The van der Waals surface area contributed by atoms with Gasteiger partial charge in [-0.05, 0) is 61.7 Å². The van der Waals surface area contributed by atoms with Gasteiger partial charge in [-0.3, -0.25) is 9.69 Å². The van der Waals surface area contributed by atoms with Crippen LogP contribution in [0.15, 0.2) is 47.1 Å². The van der Waals surface area contributed by atoms with Crippen LogP contribution in [0.5, 0.6) is 5.75 Å². The zero-order valence-corrected chi connectivity index (χ0v) is 15.6. The van der Waals surface area contributed by atoms with Gasteiger partial charge in [0.1, 0.15) is 11.5 Å². The monoisotopic (exact) mass is 356 g/mol. The minimum absolute atomic E-state index is 0.0251. The number of ether oxygens (including phenoxy) is 1. The first-order valence-electron chi connectivity index (χ1n) is 9.33. The number of rotatable bonds is 7. The topological polar surface area (TPSA) is 54.7 Å². The van der Waals surface area contributed by atoms with Gasteiger partial charge in [0, 0.05) is 6.54 Å². The standard InChI is InChI=1S/C21H28N2O3/c1-16-9-11-23(12-10-16)19(20-4-3-13-26-20)15-22-21(24)14-17-5-7-18(25-2)8-6-17/h3-8,13,16,19H,9-12,14-15H2,1-2H3,(H,22,24). The highest BCUT2D eigenvalue weighted by Crippen LogP contribution is 2.26. The highest BCUT2D eigenvalue weighted by atomic mass is 16.5. The number of piperidine rings is 1. The molecule has 1 unspecified atom stereocenters. The first kappa shape index (κ1) is 18.5. The fraction of sp³-hybridized carbons (Fsp3) is 0.476. The summed E-state index contributed by atoms with van der Waals surface area (Å²) in [7, 11) is 1.64. The molecule has 1 aliphatic rings. The van der Waals surface area contributed by atoms with Crippen molar-refractivity contribution in [1.29, 1.82) is 0 Å². The van der Waals surface area contributed by atoms with Crippen molar-refractivity contribution in [2.45, 2.75) is 32.2 Å². The van der Waals surface area contributed by atoms with E-state index in [0.717, 1.165) is 36.1 Å². The Morgan fingerprint density at radius 1 is 1.27 bits per heavy atom. The Hall–Kier alpha value is -2.27. The maximum atomic E-state index is 12.4. The summed E-state index contributed by atoms with van der Waals surface area (Å²) in [6.07, 6.45) is 4.45. The third kappa shape index (κ3) is 4.88. The molecule has 1 amide bonds. The van der Waals surface area contributed by atoms with Crippen molar-refractivity contribution in [3.8, 4) is 5.75 Å². The summed E-state index contributed by atoms with van der Waals surface area (Å²) < 4.78 is 10.8. The average molecular weight is 356 g/mol. The number of hydrogen-bond donors (Lipinski definition) is 1. The van der Waals surface area contributed by atoms with Gasteiger partial charge in [0.25, 0.3) is 0 Å². The Morgan fingerprint density at radius 3 is 2.62 bits per heavy atom. The Balaban J connectivity index is 1.57. The molecule has 1 fully saturated rings. The minimum Gasteiger partial charge on any atom is -0.497 e. The predicted octanol–water partition coefficient (Wildman–Crippen LogP) is 3.42. The molecule has 2 heterocycles. The molecule has 0 saturated carbocycles. The quantitative estimate of drug-likeness (QED) is 0.826. The number of carbonyl (C=O) groups excluding carboxylic acids is 1. The number of nitrogens with one attached hydrogen (secondary N) is 1. The summed E-state index contributed by atoms with van der Waals surface area (Å²) in [4.78, 5) is 14.8. The van der Waals surface area contributed by atoms with Gasteiger partial charge < -0.3 is 14.5 Å². The van der Waals surface area contributed by atoms with E-state index in [1.54, 1.807) is 13.4 Å². The fourth-order valence-electron chi connectivity index (χ4n) is 3.43.